The highest BCUT2D eigenvalue weighted by atomic mass is 32.2. The largest absolute Gasteiger partial charge is 0.484 e. The minimum Gasteiger partial charge on any atom is -0.484 e. The van der Waals surface area contributed by atoms with Gasteiger partial charge in [0.1, 0.15) is 9.96 Å². The lowest BCUT2D eigenvalue weighted by Crippen LogP contribution is -2.37. The third kappa shape index (κ3) is 5.33. The second kappa shape index (κ2) is 9.07. The predicted octanol–water partition coefficient (Wildman–Crippen LogP) is 3.17. The van der Waals surface area contributed by atoms with E-state index >= 15 is 0 Å². The average molecular weight is 423 g/mol. The zero-order chi connectivity index (χ0) is 20.1. The van der Waals surface area contributed by atoms with Crippen molar-refractivity contribution in [2.24, 2.45) is 5.92 Å². The number of hydrogen-bond acceptors (Lipinski definition) is 5. The van der Waals surface area contributed by atoms with Crippen LogP contribution in [-0.4, -0.2) is 38.3 Å². The Balaban J connectivity index is 1.51. The Kier molecular flexibility index (Phi) is 6.74. The molecule has 0 bridgehead atoms. The number of aryl methyl sites for hydroxylation is 1. The van der Waals surface area contributed by atoms with Crippen LogP contribution < -0.4 is 10.1 Å². The van der Waals surface area contributed by atoms with Gasteiger partial charge in [-0.05, 0) is 55.5 Å². The summed E-state index contributed by atoms with van der Waals surface area (Å²) in [5.74, 6) is 0.974. The molecule has 0 spiro atoms. The van der Waals surface area contributed by atoms with Crippen molar-refractivity contribution < 1.29 is 17.9 Å². The quantitative estimate of drug-likeness (QED) is 0.744. The molecule has 6 nitrogen and oxygen atoms in total. The molecule has 1 fully saturated rings. The summed E-state index contributed by atoms with van der Waals surface area (Å²) < 4.78 is 32.9. The lowest BCUT2D eigenvalue weighted by atomic mass is 10.0. The first-order valence-corrected chi connectivity index (χ1v) is 11.7. The Morgan fingerprint density at radius 3 is 2.71 bits per heavy atom. The molecule has 3 rings (SSSR count). The van der Waals surface area contributed by atoms with E-state index < -0.39 is 10.0 Å². The predicted molar refractivity (Wildman–Crippen MR) is 110 cm³/mol. The van der Waals surface area contributed by atoms with E-state index in [0.717, 1.165) is 23.3 Å². The molecule has 0 unspecified atom stereocenters. The van der Waals surface area contributed by atoms with Crippen LogP contribution in [0.2, 0.25) is 0 Å². The fraction of sp³-hybridized carbons (Fsp3) is 0.450. The zero-order valence-corrected chi connectivity index (χ0v) is 17.8. The van der Waals surface area contributed by atoms with Crippen molar-refractivity contribution in [2.75, 3.05) is 19.7 Å². The maximum atomic E-state index is 12.8. The molecular formula is C20H26N2O4S2. The molecule has 1 aromatic carbocycles. The third-order valence-corrected chi connectivity index (χ3v) is 8.24. The van der Waals surface area contributed by atoms with Gasteiger partial charge < -0.3 is 10.1 Å². The first-order valence-electron chi connectivity index (χ1n) is 9.39. The first kappa shape index (κ1) is 20.8. The van der Waals surface area contributed by atoms with E-state index in [9.17, 15) is 13.2 Å². The number of sulfonamides is 1. The van der Waals surface area contributed by atoms with Crippen LogP contribution in [0.15, 0.2) is 40.6 Å². The fourth-order valence-corrected chi connectivity index (χ4v) is 5.95. The molecule has 0 radical (unpaired) electrons. The van der Waals surface area contributed by atoms with Crippen LogP contribution in [0.25, 0.3) is 0 Å². The monoisotopic (exact) mass is 422 g/mol. The SMILES string of the molecule is Cc1cccc(OCC(=O)NCc2ccc(S(=O)(=O)N3CCC(C)CC3)s2)c1. The Bertz CT molecular complexity index is 916. The van der Waals surface area contributed by atoms with Crippen LogP contribution in [0.3, 0.4) is 0 Å². The maximum Gasteiger partial charge on any atom is 0.258 e. The molecule has 28 heavy (non-hydrogen) atoms. The van der Waals surface area contributed by atoms with Gasteiger partial charge in [0.15, 0.2) is 6.61 Å². The van der Waals surface area contributed by atoms with Crippen molar-refractivity contribution in [1.29, 1.82) is 0 Å². The summed E-state index contributed by atoms with van der Waals surface area (Å²) in [6.45, 7) is 5.46. The Morgan fingerprint density at radius 2 is 2.00 bits per heavy atom. The van der Waals surface area contributed by atoms with Crippen molar-refractivity contribution in [3.63, 3.8) is 0 Å². The van der Waals surface area contributed by atoms with Gasteiger partial charge in [0.05, 0.1) is 6.54 Å². The van der Waals surface area contributed by atoms with Gasteiger partial charge >= 0.3 is 0 Å². The fourth-order valence-electron chi connectivity index (χ4n) is 3.04. The minimum atomic E-state index is -3.44. The molecule has 1 amide bonds. The number of benzene rings is 1. The highest BCUT2D eigenvalue weighted by Gasteiger charge is 2.29. The second-order valence-electron chi connectivity index (χ2n) is 7.19. The van der Waals surface area contributed by atoms with Crippen molar-refractivity contribution in [3.05, 3.63) is 46.8 Å². The average Bonchev–Trinajstić information content (AvgIpc) is 3.15. The van der Waals surface area contributed by atoms with Crippen LogP contribution >= 0.6 is 11.3 Å². The molecule has 8 heteroatoms. The number of ether oxygens (including phenoxy) is 1. The number of piperidine rings is 1. The van der Waals surface area contributed by atoms with E-state index in [4.69, 9.17) is 4.74 Å². The van der Waals surface area contributed by atoms with Gasteiger partial charge in [-0.15, -0.1) is 11.3 Å². The molecule has 152 valence electrons. The standard InChI is InChI=1S/C20H26N2O4S2/c1-15-8-10-22(11-9-15)28(24,25)20-7-6-18(27-20)13-21-19(23)14-26-17-5-3-4-16(2)12-17/h3-7,12,15H,8-11,13-14H2,1-2H3,(H,21,23). The lowest BCUT2D eigenvalue weighted by Gasteiger charge is -2.28. The van der Waals surface area contributed by atoms with Crippen LogP contribution in [0.5, 0.6) is 5.75 Å². The molecule has 1 aliphatic heterocycles. The molecule has 0 aliphatic carbocycles. The van der Waals surface area contributed by atoms with Crippen LogP contribution in [0.1, 0.15) is 30.2 Å². The van der Waals surface area contributed by atoms with E-state index in [2.05, 4.69) is 12.2 Å². The van der Waals surface area contributed by atoms with E-state index in [1.807, 2.05) is 25.1 Å². The summed E-state index contributed by atoms with van der Waals surface area (Å²) in [6.07, 6.45) is 1.79. The van der Waals surface area contributed by atoms with Gasteiger partial charge in [-0.3, -0.25) is 4.79 Å². The van der Waals surface area contributed by atoms with Gasteiger partial charge in [0.25, 0.3) is 15.9 Å². The van der Waals surface area contributed by atoms with Gasteiger partial charge in [-0.1, -0.05) is 19.1 Å². The highest BCUT2D eigenvalue weighted by Crippen LogP contribution is 2.28. The van der Waals surface area contributed by atoms with E-state index in [1.54, 1.807) is 22.5 Å². The summed E-state index contributed by atoms with van der Waals surface area (Å²) in [5, 5.41) is 2.77. The number of nitrogens with zero attached hydrogens (tertiary/aromatic N) is 1. The van der Waals surface area contributed by atoms with Gasteiger partial charge in [-0.2, -0.15) is 4.31 Å². The summed E-state index contributed by atoms with van der Waals surface area (Å²) in [7, 11) is -3.44. The molecule has 1 aliphatic rings. The summed E-state index contributed by atoms with van der Waals surface area (Å²) in [5.41, 5.74) is 1.06. The van der Waals surface area contributed by atoms with Gasteiger partial charge in [0, 0.05) is 18.0 Å². The molecule has 0 saturated carbocycles. The highest BCUT2D eigenvalue weighted by molar-refractivity contribution is 7.91. The van der Waals surface area contributed by atoms with Gasteiger partial charge in [0.2, 0.25) is 0 Å². The summed E-state index contributed by atoms with van der Waals surface area (Å²) in [6, 6.07) is 10.9. The number of amides is 1. The normalized spacial score (nSPS) is 16.1. The Labute approximate surface area is 170 Å². The molecule has 0 atom stereocenters. The first-order chi connectivity index (χ1) is 13.3. The number of carbonyl (C=O) groups is 1. The number of hydrogen-bond donors (Lipinski definition) is 1. The second-order valence-corrected chi connectivity index (χ2v) is 10.5. The molecular weight excluding hydrogens is 396 g/mol. The topological polar surface area (TPSA) is 75.7 Å². The number of carbonyl (C=O) groups excluding carboxylic acids is 1. The maximum absolute atomic E-state index is 12.8. The van der Waals surface area contributed by atoms with Crippen molar-refractivity contribution in [3.8, 4) is 5.75 Å². The lowest BCUT2D eigenvalue weighted by molar-refractivity contribution is -0.123. The molecule has 1 saturated heterocycles. The summed E-state index contributed by atoms with van der Waals surface area (Å²) in [4.78, 5) is 12.8. The van der Waals surface area contributed by atoms with E-state index in [0.29, 0.717) is 29.0 Å². The van der Waals surface area contributed by atoms with Crippen LogP contribution in [-0.2, 0) is 21.4 Å². The number of thiophene rings is 1. The molecule has 2 aromatic rings. The number of rotatable bonds is 7. The van der Waals surface area contributed by atoms with Crippen molar-refractivity contribution in [2.45, 2.75) is 37.4 Å². The van der Waals surface area contributed by atoms with Crippen molar-refractivity contribution in [1.82, 2.24) is 9.62 Å². The van der Waals surface area contributed by atoms with E-state index in [-0.39, 0.29) is 19.1 Å². The molecule has 1 aromatic heterocycles. The zero-order valence-electron chi connectivity index (χ0n) is 16.2. The molecule has 2 heterocycles. The van der Waals surface area contributed by atoms with Crippen molar-refractivity contribution >= 4 is 27.3 Å². The van der Waals surface area contributed by atoms with Crippen LogP contribution in [0, 0.1) is 12.8 Å². The Morgan fingerprint density at radius 1 is 1.25 bits per heavy atom. The van der Waals surface area contributed by atoms with E-state index in [1.165, 1.54) is 11.3 Å². The Hall–Kier alpha value is -1.90. The minimum absolute atomic E-state index is 0.0774. The summed E-state index contributed by atoms with van der Waals surface area (Å²) >= 11 is 1.21. The smallest absolute Gasteiger partial charge is 0.258 e. The van der Waals surface area contributed by atoms with Gasteiger partial charge in [-0.25, -0.2) is 8.42 Å². The molecule has 1 N–H and O–H groups in total. The van der Waals surface area contributed by atoms with Crippen LogP contribution in [0.4, 0.5) is 0 Å². The third-order valence-electron chi connectivity index (χ3n) is 4.79. The number of nitrogens with one attached hydrogen (secondary N) is 1.